The van der Waals surface area contributed by atoms with Gasteiger partial charge in [0.05, 0.1) is 6.04 Å². The van der Waals surface area contributed by atoms with E-state index in [0.717, 1.165) is 25.8 Å². The summed E-state index contributed by atoms with van der Waals surface area (Å²) in [6, 6.07) is 8.80. The molecule has 0 aromatic heterocycles. The topological polar surface area (TPSA) is 81.8 Å². The zero-order valence-electron chi connectivity index (χ0n) is 19.8. The summed E-state index contributed by atoms with van der Waals surface area (Å²) >= 11 is 0. The van der Waals surface area contributed by atoms with Crippen LogP contribution in [0.1, 0.15) is 45.6 Å². The minimum Gasteiger partial charge on any atom is -0.343 e. The number of benzene rings is 1. The van der Waals surface area contributed by atoms with Crippen LogP contribution >= 0.6 is 0 Å². The third kappa shape index (κ3) is 5.31. The molecule has 0 aliphatic carbocycles. The second kappa shape index (κ2) is 10.9. The summed E-state index contributed by atoms with van der Waals surface area (Å²) in [5.74, 6) is -0.0998. The molecule has 2 aliphatic heterocycles. The smallest absolute Gasteiger partial charge is 0.246 e. The molecule has 1 aromatic carbocycles. The molecular weight excluding hydrogens is 404 g/mol. The summed E-state index contributed by atoms with van der Waals surface area (Å²) in [5, 5.41) is 5.94. The summed E-state index contributed by atoms with van der Waals surface area (Å²) < 4.78 is 0. The number of likely N-dealkylation sites (N-methyl/N-ethyl adjacent to an activating group) is 1. The van der Waals surface area contributed by atoms with E-state index in [-0.39, 0.29) is 35.6 Å². The van der Waals surface area contributed by atoms with Gasteiger partial charge >= 0.3 is 0 Å². The predicted octanol–water partition coefficient (Wildman–Crippen LogP) is 1.82. The van der Waals surface area contributed by atoms with Crippen molar-refractivity contribution in [3.63, 3.8) is 0 Å². The fourth-order valence-corrected chi connectivity index (χ4v) is 4.96. The Balaban J connectivity index is 1.69. The van der Waals surface area contributed by atoms with E-state index in [0.29, 0.717) is 19.5 Å². The molecule has 7 nitrogen and oxygen atoms in total. The van der Waals surface area contributed by atoms with Crippen LogP contribution in [0, 0.1) is 11.8 Å². The lowest BCUT2D eigenvalue weighted by Gasteiger charge is -2.39. The van der Waals surface area contributed by atoms with Gasteiger partial charge in [0.15, 0.2) is 0 Å². The van der Waals surface area contributed by atoms with Crippen molar-refractivity contribution in [2.45, 2.75) is 64.6 Å². The summed E-state index contributed by atoms with van der Waals surface area (Å²) in [6.07, 6.45) is 3.22. The molecule has 0 spiro atoms. The number of nitrogens with one attached hydrogen (secondary N) is 2. The zero-order chi connectivity index (χ0) is 23.3. The monoisotopic (exact) mass is 442 g/mol. The second-order valence-corrected chi connectivity index (χ2v) is 9.35. The summed E-state index contributed by atoms with van der Waals surface area (Å²) in [6.45, 7) is 7.80. The van der Waals surface area contributed by atoms with E-state index in [1.807, 2.05) is 43.9 Å². The van der Waals surface area contributed by atoms with Gasteiger partial charge in [0.2, 0.25) is 17.7 Å². The first-order valence-electron chi connectivity index (χ1n) is 12.0. The van der Waals surface area contributed by atoms with Crippen molar-refractivity contribution in [3.8, 4) is 0 Å². The highest BCUT2D eigenvalue weighted by Crippen LogP contribution is 2.33. The van der Waals surface area contributed by atoms with Crippen LogP contribution in [0.2, 0.25) is 0 Å². The van der Waals surface area contributed by atoms with Gasteiger partial charge in [-0.2, -0.15) is 0 Å². The molecule has 2 unspecified atom stereocenters. The highest BCUT2D eigenvalue weighted by atomic mass is 16.2. The minimum atomic E-state index is -0.629. The van der Waals surface area contributed by atoms with Gasteiger partial charge in [-0.25, -0.2) is 0 Å². The van der Waals surface area contributed by atoms with Crippen LogP contribution in [0.4, 0.5) is 0 Å². The molecular formula is C25H38N4O3. The van der Waals surface area contributed by atoms with Crippen molar-refractivity contribution in [3.05, 3.63) is 35.9 Å². The number of carbonyl (C=O) groups is 3. The molecule has 176 valence electrons. The maximum Gasteiger partial charge on any atom is 0.246 e. The van der Waals surface area contributed by atoms with Gasteiger partial charge in [-0.05, 0) is 50.1 Å². The Bertz CT molecular complexity index is 794. The molecule has 3 rings (SSSR count). The highest BCUT2D eigenvalue weighted by Gasteiger charge is 2.47. The van der Waals surface area contributed by atoms with Gasteiger partial charge < -0.3 is 20.4 Å². The van der Waals surface area contributed by atoms with E-state index >= 15 is 0 Å². The van der Waals surface area contributed by atoms with Crippen molar-refractivity contribution in [2.24, 2.45) is 11.8 Å². The first-order chi connectivity index (χ1) is 15.4. The average Bonchev–Trinajstić information content (AvgIpc) is 3.23. The van der Waals surface area contributed by atoms with Crippen LogP contribution in [0.3, 0.4) is 0 Å². The SMILES string of the molecule is CC[C@H](NC)C(=O)N[C@H](C(=O)N1CCC2CCN(CCc3ccccc3)C(=O)C21)C(C)C. The zero-order valence-corrected chi connectivity index (χ0v) is 19.8. The molecule has 3 amide bonds. The van der Waals surface area contributed by atoms with E-state index < -0.39 is 12.1 Å². The second-order valence-electron chi connectivity index (χ2n) is 9.35. The van der Waals surface area contributed by atoms with Gasteiger partial charge in [0.1, 0.15) is 12.1 Å². The van der Waals surface area contributed by atoms with Gasteiger partial charge in [-0.1, -0.05) is 51.1 Å². The first kappa shape index (κ1) is 24.2. The lowest BCUT2D eigenvalue weighted by atomic mass is 9.90. The number of fused-ring (bicyclic) bond motifs is 1. The van der Waals surface area contributed by atoms with Crippen molar-refractivity contribution in [1.29, 1.82) is 0 Å². The van der Waals surface area contributed by atoms with Gasteiger partial charge in [0, 0.05) is 19.6 Å². The number of likely N-dealkylation sites (tertiary alicyclic amines) is 2. The first-order valence-corrected chi connectivity index (χ1v) is 12.0. The van der Waals surface area contributed by atoms with Gasteiger partial charge in [0.25, 0.3) is 0 Å². The Labute approximate surface area is 191 Å². The maximum absolute atomic E-state index is 13.5. The van der Waals surface area contributed by atoms with Crippen LogP contribution in [-0.2, 0) is 20.8 Å². The van der Waals surface area contributed by atoms with E-state index in [9.17, 15) is 14.4 Å². The van der Waals surface area contributed by atoms with E-state index in [4.69, 9.17) is 0 Å². The minimum absolute atomic E-state index is 0.0542. The normalized spacial score (nSPS) is 22.6. The number of hydrogen-bond acceptors (Lipinski definition) is 4. The van der Waals surface area contributed by atoms with E-state index in [1.54, 1.807) is 11.9 Å². The van der Waals surface area contributed by atoms with Crippen LogP contribution < -0.4 is 10.6 Å². The fourth-order valence-electron chi connectivity index (χ4n) is 4.96. The Morgan fingerprint density at radius 1 is 1.12 bits per heavy atom. The summed E-state index contributed by atoms with van der Waals surface area (Å²) in [7, 11) is 1.75. The Morgan fingerprint density at radius 2 is 1.81 bits per heavy atom. The molecule has 4 atom stereocenters. The predicted molar refractivity (Wildman–Crippen MR) is 125 cm³/mol. The number of nitrogens with zero attached hydrogens (tertiary/aromatic N) is 2. The maximum atomic E-state index is 13.5. The third-order valence-corrected chi connectivity index (χ3v) is 6.96. The molecule has 2 N–H and O–H groups in total. The Morgan fingerprint density at radius 3 is 2.44 bits per heavy atom. The molecule has 0 bridgehead atoms. The van der Waals surface area contributed by atoms with Crippen LogP contribution in [0.5, 0.6) is 0 Å². The molecule has 2 saturated heterocycles. The lowest BCUT2D eigenvalue weighted by molar-refractivity contribution is -0.149. The molecule has 2 aliphatic rings. The van der Waals surface area contributed by atoms with Crippen molar-refractivity contribution >= 4 is 17.7 Å². The number of hydrogen-bond donors (Lipinski definition) is 2. The van der Waals surface area contributed by atoms with Crippen LogP contribution in [-0.4, -0.2) is 72.3 Å². The highest BCUT2D eigenvalue weighted by molar-refractivity contribution is 5.94. The van der Waals surface area contributed by atoms with Crippen molar-refractivity contribution < 1.29 is 14.4 Å². The number of piperidine rings is 1. The molecule has 1 aromatic rings. The molecule has 2 heterocycles. The lowest BCUT2D eigenvalue weighted by Crippen LogP contribution is -2.60. The third-order valence-electron chi connectivity index (χ3n) is 6.96. The molecule has 32 heavy (non-hydrogen) atoms. The Hall–Kier alpha value is -2.41. The number of carbonyl (C=O) groups excluding carboxylic acids is 3. The van der Waals surface area contributed by atoms with Crippen molar-refractivity contribution in [1.82, 2.24) is 20.4 Å². The van der Waals surface area contributed by atoms with E-state index in [1.165, 1.54) is 5.56 Å². The Kier molecular flexibility index (Phi) is 8.29. The molecule has 0 radical (unpaired) electrons. The largest absolute Gasteiger partial charge is 0.343 e. The van der Waals surface area contributed by atoms with Crippen molar-refractivity contribution in [2.75, 3.05) is 26.7 Å². The summed E-state index contributed by atoms with van der Waals surface area (Å²) in [4.78, 5) is 43.2. The van der Waals surface area contributed by atoms with E-state index in [2.05, 4.69) is 22.8 Å². The fraction of sp³-hybridized carbons (Fsp3) is 0.640. The van der Waals surface area contributed by atoms with Crippen LogP contribution in [0.25, 0.3) is 0 Å². The standard InChI is InChI=1S/C25H38N4O3/c1-5-20(26-4)23(30)27-21(17(2)3)24(31)29-16-13-19-12-15-28(25(32)22(19)29)14-11-18-9-7-6-8-10-18/h6-10,17,19-22,26H,5,11-16H2,1-4H3,(H,27,30)/t19?,20-,21-,22?/m0/s1. The van der Waals surface area contributed by atoms with Gasteiger partial charge in [-0.3, -0.25) is 14.4 Å². The number of rotatable bonds is 9. The quantitative estimate of drug-likeness (QED) is 0.611. The molecule has 7 heteroatoms. The summed E-state index contributed by atoms with van der Waals surface area (Å²) in [5.41, 5.74) is 1.21. The number of amides is 3. The van der Waals surface area contributed by atoms with Crippen LogP contribution in [0.15, 0.2) is 30.3 Å². The molecule has 0 saturated carbocycles. The average molecular weight is 443 g/mol. The van der Waals surface area contributed by atoms with Gasteiger partial charge in [-0.15, -0.1) is 0 Å². The molecule has 2 fully saturated rings.